The van der Waals surface area contributed by atoms with E-state index in [0.717, 1.165) is 16.6 Å². The molecule has 0 heterocycles. The minimum absolute atomic E-state index is 0.440. The van der Waals surface area contributed by atoms with E-state index in [0.29, 0.717) is 11.5 Å². The van der Waals surface area contributed by atoms with E-state index in [4.69, 9.17) is 11.6 Å². The Morgan fingerprint density at radius 3 is 2.24 bits per heavy atom. The molecule has 0 radical (unpaired) electrons. The van der Waals surface area contributed by atoms with Gasteiger partial charge in [-0.25, -0.2) is 0 Å². The summed E-state index contributed by atoms with van der Waals surface area (Å²) in [4.78, 5) is 2.14. The molecule has 0 amide bonds. The first kappa shape index (κ1) is 16.5. The summed E-state index contributed by atoms with van der Waals surface area (Å²) in [6, 6.07) is 6.66. The zero-order valence-corrected chi connectivity index (χ0v) is 14.8. The highest BCUT2D eigenvalue weighted by Crippen LogP contribution is 2.39. The Balaban J connectivity index is 2.02. The van der Waals surface area contributed by atoms with Crippen LogP contribution in [-0.2, 0) is 0 Å². The quantitative estimate of drug-likeness (QED) is 0.801. The van der Waals surface area contributed by atoms with Gasteiger partial charge in [-0.3, -0.25) is 0 Å². The van der Waals surface area contributed by atoms with Gasteiger partial charge in [-0.05, 0) is 55.2 Å². The standard InChI is InChI=1S/C18H29ClN2/c1-18(2,3)13-6-9-15(10-7-13)20-16-12-14(19)8-11-17(16)21(4)5/h8,11-13,15,20H,6-7,9-10H2,1-5H3. The third-order valence-corrected chi connectivity index (χ3v) is 4.99. The van der Waals surface area contributed by atoms with Crippen molar-refractivity contribution < 1.29 is 0 Å². The minimum Gasteiger partial charge on any atom is -0.381 e. The lowest BCUT2D eigenvalue weighted by Crippen LogP contribution is -2.32. The summed E-state index contributed by atoms with van der Waals surface area (Å²) >= 11 is 6.16. The average Bonchev–Trinajstić information content (AvgIpc) is 2.38. The van der Waals surface area contributed by atoms with E-state index in [1.165, 1.54) is 31.4 Å². The van der Waals surface area contributed by atoms with Crippen LogP contribution in [0, 0.1) is 11.3 Å². The third-order valence-electron chi connectivity index (χ3n) is 4.75. The Hall–Kier alpha value is -0.890. The molecule has 0 atom stereocenters. The molecule has 21 heavy (non-hydrogen) atoms. The minimum atomic E-state index is 0.440. The van der Waals surface area contributed by atoms with Crippen LogP contribution in [0.25, 0.3) is 0 Å². The van der Waals surface area contributed by atoms with Crippen molar-refractivity contribution >= 4 is 23.0 Å². The fourth-order valence-corrected chi connectivity index (χ4v) is 3.51. The fraction of sp³-hybridized carbons (Fsp3) is 0.667. The van der Waals surface area contributed by atoms with Crippen molar-refractivity contribution in [3.8, 4) is 0 Å². The highest BCUT2D eigenvalue weighted by atomic mass is 35.5. The summed E-state index contributed by atoms with van der Waals surface area (Å²) in [6.45, 7) is 7.10. The molecule has 3 heteroatoms. The average molecular weight is 309 g/mol. The summed E-state index contributed by atoms with van der Waals surface area (Å²) in [5.74, 6) is 0.850. The normalized spacial score (nSPS) is 23.0. The number of halogens is 1. The number of nitrogens with one attached hydrogen (secondary N) is 1. The molecule has 0 spiro atoms. The van der Waals surface area contributed by atoms with E-state index >= 15 is 0 Å². The molecule has 0 aromatic heterocycles. The van der Waals surface area contributed by atoms with Crippen molar-refractivity contribution in [1.82, 2.24) is 0 Å². The van der Waals surface area contributed by atoms with Gasteiger partial charge in [0.25, 0.3) is 0 Å². The van der Waals surface area contributed by atoms with Crippen molar-refractivity contribution in [3.05, 3.63) is 23.2 Å². The van der Waals surface area contributed by atoms with Crippen molar-refractivity contribution in [3.63, 3.8) is 0 Å². The van der Waals surface area contributed by atoms with E-state index in [1.807, 2.05) is 12.1 Å². The molecule has 0 bridgehead atoms. The molecule has 2 rings (SSSR count). The molecular weight excluding hydrogens is 280 g/mol. The number of hydrogen-bond donors (Lipinski definition) is 1. The van der Waals surface area contributed by atoms with Gasteiger partial charge in [0.1, 0.15) is 0 Å². The number of nitrogens with zero attached hydrogens (tertiary/aromatic N) is 1. The van der Waals surface area contributed by atoms with Gasteiger partial charge in [-0.1, -0.05) is 32.4 Å². The van der Waals surface area contributed by atoms with Gasteiger partial charge in [-0.15, -0.1) is 0 Å². The van der Waals surface area contributed by atoms with E-state index in [-0.39, 0.29) is 0 Å². The van der Waals surface area contributed by atoms with Gasteiger partial charge in [0.2, 0.25) is 0 Å². The van der Waals surface area contributed by atoms with Crippen LogP contribution in [0.2, 0.25) is 5.02 Å². The summed E-state index contributed by atoms with van der Waals surface area (Å²) in [5.41, 5.74) is 2.81. The molecule has 1 aliphatic rings. The second-order valence-electron chi connectivity index (χ2n) is 7.61. The van der Waals surface area contributed by atoms with Crippen LogP contribution in [0.3, 0.4) is 0 Å². The van der Waals surface area contributed by atoms with Crippen molar-refractivity contribution in [2.24, 2.45) is 11.3 Å². The molecule has 1 N–H and O–H groups in total. The number of hydrogen-bond acceptors (Lipinski definition) is 2. The predicted octanol–water partition coefficient (Wildman–Crippen LogP) is 5.42. The van der Waals surface area contributed by atoms with Gasteiger partial charge in [0.15, 0.2) is 0 Å². The Labute approximate surface area is 134 Å². The zero-order valence-electron chi connectivity index (χ0n) is 14.0. The second-order valence-corrected chi connectivity index (χ2v) is 8.05. The predicted molar refractivity (Wildman–Crippen MR) is 94.6 cm³/mol. The molecule has 0 unspecified atom stereocenters. The van der Waals surface area contributed by atoms with Gasteiger partial charge in [0.05, 0.1) is 11.4 Å². The lowest BCUT2D eigenvalue weighted by Gasteiger charge is -2.37. The van der Waals surface area contributed by atoms with Crippen molar-refractivity contribution in [2.75, 3.05) is 24.3 Å². The largest absolute Gasteiger partial charge is 0.381 e. The molecular formula is C18H29ClN2. The number of benzene rings is 1. The summed E-state index contributed by atoms with van der Waals surface area (Å²) in [5, 5.41) is 4.52. The fourth-order valence-electron chi connectivity index (χ4n) is 3.34. The Morgan fingerprint density at radius 1 is 1.10 bits per heavy atom. The number of anilines is 2. The maximum Gasteiger partial charge on any atom is 0.0597 e. The Kier molecular flexibility index (Phi) is 5.08. The molecule has 0 saturated heterocycles. The molecule has 1 saturated carbocycles. The first-order valence-electron chi connectivity index (χ1n) is 8.01. The summed E-state index contributed by atoms with van der Waals surface area (Å²) < 4.78 is 0. The van der Waals surface area contributed by atoms with Crippen LogP contribution in [-0.4, -0.2) is 20.1 Å². The van der Waals surface area contributed by atoms with Crippen molar-refractivity contribution in [1.29, 1.82) is 0 Å². The van der Waals surface area contributed by atoms with E-state index < -0.39 is 0 Å². The molecule has 0 aliphatic heterocycles. The van der Waals surface area contributed by atoms with Crippen LogP contribution >= 0.6 is 11.6 Å². The highest BCUT2D eigenvalue weighted by molar-refractivity contribution is 6.31. The van der Waals surface area contributed by atoms with Crippen LogP contribution in [0.5, 0.6) is 0 Å². The van der Waals surface area contributed by atoms with Gasteiger partial charge >= 0.3 is 0 Å². The zero-order chi connectivity index (χ0) is 15.6. The van der Waals surface area contributed by atoms with Crippen molar-refractivity contribution in [2.45, 2.75) is 52.5 Å². The molecule has 2 nitrogen and oxygen atoms in total. The molecule has 1 aliphatic carbocycles. The van der Waals surface area contributed by atoms with E-state index in [1.54, 1.807) is 0 Å². The first-order valence-corrected chi connectivity index (χ1v) is 8.38. The topological polar surface area (TPSA) is 15.3 Å². The SMILES string of the molecule is CN(C)c1ccc(Cl)cc1NC1CCC(C(C)(C)C)CC1. The summed E-state index contributed by atoms with van der Waals surface area (Å²) in [7, 11) is 4.15. The van der Waals surface area contributed by atoms with E-state index in [2.05, 4.69) is 51.1 Å². The van der Waals surface area contributed by atoms with Crippen LogP contribution in [0.1, 0.15) is 46.5 Å². The maximum atomic E-state index is 6.16. The Bertz CT molecular complexity index is 469. The highest BCUT2D eigenvalue weighted by Gasteiger charge is 2.29. The Morgan fingerprint density at radius 2 is 1.71 bits per heavy atom. The molecule has 1 fully saturated rings. The monoisotopic (exact) mass is 308 g/mol. The summed E-state index contributed by atoms with van der Waals surface area (Å²) in [6.07, 6.45) is 5.14. The second kappa shape index (κ2) is 6.48. The molecule has 1 aromatic rings. The van der Waals surface area contributed by atoms with Gasteiger partial charge in [-0.2, -0.15) is 0 Å². The lowest BCUT2D eigenvalue weighted by molar-refractivity contribution is 0.173. The molecule has 118 valence electrons. The smallest absolute Gasteiger partial charge is 0.0597 e. The number of rotatable bonds is 3. The molecule has 1 aromatic carbocycles. The lowest BCUT2D eigenvalue weighted by atomic mass is 9.71. The first-order chi connectivity index (χ1) is 9.77. The van der Waals surface area contributed by atoms with Gasteiger partial charge in [0, 0.05) is 25.2 Å². The maximum absolute atomic E-state index is 6.16. The van der Waals surface area contributed by atoms with E-state index in [9.17, 15) is 0 Å². The van der Waals surface area contributed by atoms with Gasteiger partial charge < -0.3 is 10.2 Å². The van der Waals surface area contributed by atoms with Crippen LogP contribution < -0.4 is 10.2 Å². The van der Waals surface area contributed by atoms with Crippen LogP contribution in [0.15, 0.2) is 18.2 Å². The third kappa shape index (κ3) is 4.29. The van der Waals surface area contributed by atoms with Crippen LogP contribution in [0.4, 0.5) is 11.4 Å².